The standard InChI is InChI=1S/C23H36N2O2/c1-17(2)11-14-25-15-12-20(13-16-25)24-22(26)18(3)27-21-9-7-19(8-10-21)23(4,5)6/h7-11,18,20H,12-16H2,1-6H3,(H,24,26). The van der Waals surface area contributed by atoms with Crippen LogP contribution in [0.2, 0.25) is 0 Å². The number of likely N-dealkylation sites (tertiary alicyclic amines) is 1. The molecule has 1 fully saturated rings. The molecule has 1 atom stereocenters. The van der Waals surface area contributed by atoms with Crippen LogP contribution in [-0.4, -0.2) is 42.6 Å². The monoisotopic (exact) mass is 372 g/mol. The van der Waals surface area contributed by atoms with E-state index in [1.165, 1.54) is 11.1 Å². The van der Waals surface area contributed by atoms with Gasteiger partial charge in [0.05, 0.1) is 0 Å². The third kappa shape index (κ3) is 7.02. The van der Waals surface area contributed by atoms with Gasteiger partial charge in [0.2, 0.25) is 0 Å². The molecule has 0 aliphatic carbocycles. The fourth-order valence-corrected chi connectivity index (χ4v) is 3.18. The highest BCUT2D eigenvalue weighted by atomic mass is 16.5. The average Bonchev–Trinajstić information content (AvgIpc) is 2.60. The van der Waals surface area contributed by atoms with Crippen molar-refractivity contribution in [2.75, 3.05) is 19.6 Å². The van der Waals surface area contributed by atoms with Crippen LogP contribution in [0.3, 0.4) is 0 Å². The predicted octanol–water partition coefficient (Wildman–Crippen LogP) is 4.30. The number of piperidine rings is 1. The van der Waals surface area contributed by atoms with Crippen molar-refractivity contribution in [2.45, 2.75) is 71.9 Å². The number of carbonyl (C=O) groups is 1. The zero-order valence-corrected chi connectivity index (χ0v) is 17.8. The fourth-order valence-electron chi connectivity index (χ4n) is 3.18. The summed E-state index contributed by atoms with van der Waals surface area (Å²) in [4.78, 5) is 14.9. The second-order valence-corrected chi connectivity index (χ2v) is 8.90. The normalized spacial score (nSPS) is 17.3. The van der Waals surface area contributed by atoms with Gasteiger partial charge < -0.3 is 10.1 Å². The Labute approximate surface area is 165 Å². The van der Waals surface area contributed by atoms with Crippen LogP contribution >= 0.6 is 0 Å². The molecule has 4 heteroatoms. The molecule has 0 bridgehead atoms. The molecule has 1 aliphatic rings. The Hall–Kier alpha value is -1.81. The molecule has 27 heavy (non-hydrogen) atoms. The molecule has 1 N–H and O–H groups in total. The number of nitrogens with zero attached hydrogens (tertiary/aromatic N) is 1. The van der Waals surface area contributed by atoms with Crippen LogP contribution in [0.25, 0.3) is 0 Å². The Morgan fingerprint density at radius 2 is 1.81 bits per heavy atom. The Bertz CT molecular complexity index is 631. The van der Waals surface area contributed by atoms with Crippen LogP contribution in [-0.2, 0) is 10.2 Å². The summed E-state index contributed by atoms with van der Waals surface area (Å²) in [5.74, 6) is 0.708. The maximum absolute atomic E-state index is 12.5. The molecule has 4 nitrogen and oxygen atoms in total. The van der Waals surface area contributed by atoms with Gasteiger partial charge in [0.1, 0.15) is 5.75 Å². The zero-order valence-electron chi connectivity index (χ0n) is 17.8. The van der Waals surface area contributed by atoms with E-state index in [1.807, 2.05) is 19.1 Å². The highest BCUT2D eigenvalue weighted by Crippen LogP contribution is 2.24. The topological polar surface area (TPSA) is 41.6 Å². The minimum absolute atomic E-state index is 0.0300. The smallest absolute Gasteiger partial charge is 0.260 e. The van der Waals surface area contributed by atoms with Crippen molar-refractivity contribution in [1.29, 1.82) is 0 Å². The minimum Gasteiger partial charge on any atom is -0.481 e. The van der Waals surface area contributed by atoms with Gasteiger partial charge in [-0.25, -0.2) is 0 Å². The highest BCUT2D eigenvalue weighted by molar-refractivity contribution is 5.81. The highest BCUT2D eigenvalue weighted by Gasteiger charge is 2.23. The van der Waals surface area contributed by atoms with Crippen LogP contribution in [0.1, 0.15) is 59.9 Å². The minimum atomic E-state index is -0.491. The van der Waals surface area contributed by atoms with Gasteiger partial charge in [0.15, 0.2) is 6.10 Å². The SMILES string of the molecule is CC(C)=CCN1CCC(NC(=O)C(C)Oc2ccc(C(C)(C)C)cc2)CC1. The van der Waals surface area contributed by atoms with E-state index in [4.69, 9.17) is 4.74 Å². The van der Waals surface area contributed by atoms with Crippen molar-refractivity contribution in [3.8, 4) is 5.75 Å². The molecular formula is C23H36N2O2. The van der Waals surface area contributed by atoms with E-state index >= 15 is 0 Å². The summed E-state index contributed by atoms with van der Waals surface area (Å²) in [6.07, 6.45) is 3.76. The van der Waals surface area contributed by atoms with E-state index in [1.54, 1.807) is 0 Å². The third-order valence-corrected chi connectivity index (χ3v) is 5.09. The number of hydrogen-bond acceptors (Lipinski definition) is 3. The summed E-state index contributed by atoms with van der Waals surface area (Å²) >= 11 is 0. The molecular weight excluding hydrogens is 336 g/mol. The fraction of sp³-hybridized carbons (Fsp3) is 0.609. The lowest BCUT2D eigenvalue weighted by atomic mass is 9.87. The van der Waals surface area contributed by atoms with Gasteiger partial charge in [0.25, 0.3) is 5.91 Å². The molecule has 1 saturated heterocycles. The Morgan fingerprint density at radius 1 is 1.22 bits per heavy atom. The molecule has 1 unspecified atom stereocenters. The summed E-state index contributed by atoms with van der Waals surface area (Å²) in [6.45, 7) is 15.7. The lowest BCUT2D eigenvalue weighted by Crippen LogP contribution is -2.48. The molecule has 150 valence electrons. The largest absolute Gasteiger partial charge is 0.481 e. The summed E-state index contributed by atoms with van der Waals surface area (Å²) in [6, 6.07) is 8.29. The third-order valence-electron chi connectivity index (χ3n) is 5.09. The molecule has 0 spiro atoms. The summed E-state index contributed by atoms with van der Waals surface area (Å²) < 4.78 is 5.84. The van der Waals surface area contributed by atoms with E-state index in [0.29, 0.717) is 0 Å². The first kappa shape index (κ1) is 21.5. The number of nitrogens with one attached hydrogen (secondary N) is 1. The van der Waals surface area contributed by atoms with Gasteiger partial charge in [0, 0.05) is 25.7 Å². The number of allylic oxidation sites excluding steroid dienone is 1. The van der Waals surface area contributed by atoms with E-state index < -0.39 is 6.10 Å². The van der Waals surface area contributed by atoms with Gasteiger partial charge in [-0.15, -0.1) is 0 Å². The van der Waals surface area contributed by atoms with Crippen molar-refractivity contribution >= 4 is 5.91 Å². The van der Waals surface area contributed by atoms with Gasteiger partial charge in [-0.1, -0.05) is 44.6 Å². The van der Waals surface area contributed by atoms with E-state index in [9.17, 15) is 4.79 Å². The van der Waals surface area contributed by atoms with E-state index in [0.717, 1.165) is 38.2 Å². The number of benzene rings is 1. The number of carbonyl (C=O) groups excluding carboxylic acids is 1. The Morgan fingerprint density at radius 3 is 2.33 bits per heavy atom. The Kier molecular flexibility index (Phi) is 7.49. The lowest BCUT2D eigenvalue weighted by Gasteiger charge is -2.32. The predicted molar refractivity (Wildman–Crippen MR) is 112 cm³/mol. The second-order valence-electron chi connectivity index (χ2n) is 8.90. The quantitative estimate of drug-likeness (QED) is 0.757. The number of ether oxygens (including phenoxy) is 1. The van der Waals surface area contributed by atoms with Crippen molar-refractivity contribution in [3.63, 3.8) is 0 Å². The summed E-state index contributed by atoms with van der Waals surface area (Å²) in [5.41, 5.74) is 2.72. The molecule has 1 aliphatic heterocycles. The molecule has 1 aromatic rings. The first-order chi connectivity index (χ1) is 12.6. The molecule has 2 rings (SSSR count). The maximum Gasteiger partial charge on any atom is 0.260 e. The Balaban J connectivity index is 1.78. The zero-order chi connectivity index (χ0) is 20.0. The second kappa shape index (κ2) is 9.41. The van der Waals surface area contributed by atoms with Crippen LogP contribution in [0.4, 0.5) is 0 Å². The number of amides is 1. The molecule has 1 amide bonds. The van der Waals surface area contributed by atoms with E-state index in [-0.39, 0.29) is 17.4 Å². The molecule has 0 saturated carbocycles. The molecule has 0 aromatic heterocycles. The van der Waals surface area contributed by atoms with Crippen molar-refractivity contribution in [1.82, 2.24) is 10.2 Å². The van der Waals surface area contributed by atoms with E-state index in [2.05, 4.69) is 63.0 Å². The lowest BCUT2D eigenvalue weighted by molar-refractivity contribution is -0.128. The first-order valence-electron chi connectivity index (χ1n) is 10.1. The van der Waals surface area contributed by atoms with Gasteiger partial charge in [-0.2, -0.15) is 0 Å². The summed E-state index contributed by atoms with van der Waals surface area (Å²) in [7, 11) is 0. The van der Waals surface area contributed by atoms with Crippen molar-refractivity contribution in [3.05, 3.63) is 41.5 Å². The molecule has 1 heterocycles. The van der Waals surface area contributed by atoms with Crippen LogP contribution in [0.5, 0.6) is 5.75 Å². The van der Waals surface area contributed by atoms with Gasteiger partial charge in [-0.05, 0) is 56.7 Å². The summed E-state index contributed by atoms with van der Waals surface area (Å²) in [5, 5.41) is 3.15. The van der Waals surface area contributed by atoms with Crippen LogP contribution in [0, 0.1) is 0 Å². The van der Waals surface area contributed by atoms with Gasteiger partial charge >= 0.3 is 0 Å². The van der Waals surface area contributed by atoms with Crippen molar-refractivity contribution < 1.29 is 9.53 Å². The number of hydrogen-bond donors (Lipinski definition) is 1. The first-order valence-corrected chi connectivity index (χ1v) is 10.1. The molecule has 0 radical (unpaired) electrons. The number of rotatable bonds is 6. The molecule has 1 aromatic carbocycles. The van der Waals surface area contributed by atoms with Crippen molar-refractivity contribution in [2.24, 2.45) is 0 Å². The van der Waals surface area contributed by atoms with Gasteiger partial charge in [-0.3, -0.25) is 9.69 Å². The average molecular weight is 373 g/mol. The maximum atomic E-state index is 12.5. The van der Waals surface area contributed by atoms with Crippen LogP contribution in [0.15, 0.2) is 35.9 Å². The van der Waals surface area contributed by atoms with Crippen LogP contribution < -0.4 is 10.1 Å².